The van der Waals surface area contributed by atoms with Gasteiger partial charge in [-0.1, -0.05) is 17.7 Å². The molecular weight excluding hydrogens is 442 g/mol. The monoisotopic (exact) mass is 471 g/mol. The number of amides is 2. The first-order valence-corrected chi connectivity index (χ1v) is 11.7. The van der Waals surface area contributed by atoms with Crippen molar-refractivity contribution in [2.24, 2.45) is 0 Å². The molecule has 0 saturated carbocycles. The Morgan fingerprint density at radius 2 is 1.81 bits per heavy atom. The average molecular weight is 472 g/mol. The van der Waals surface area contributed by atoms with E-state index in [1.807, 2.05) is 29.8 Å². The minimum absolute atomic E-state index is 0.160. The molecule has 2 heterocycles. The summed E-state index contributed by atoms with van der Waals surface area (Å²) in [6.07, 6.45) is 2.54. The van der Waals surface area contributed by atoms with Gasteiger partial charge in [-0.05, 0) is 55.3 Å². The van der Waals surface area contributed by atoms with Gasteiger partial charge in [0.1, 0.15) is 0 Å². The van der Waals surface area contributed by atoms with Crippen LogP contribution < -0.4 is 5.32 Å². The van der Waals surface area contributed by atoms with Gasteiger partial charge in [0.15, 0.2) is 0 Å². The number of carboxylic acid groups (broad SMARTS) is 2. The number of thioether (sulfide) groups is 1. The fourth-order valence-electron chi connectivity index (χ4n) is 3.42. The topological polar surface area (TPSA) is 110 Å². The highest BCUT2D eigenvalue weighted by molar-refractivity contribution is 7.99. The van der Waals surface area contributed by atoms with E-state index in [1.54, 1.807) is 4.90 Å². The summed E-state index contributed by atoms with van der Waals surface area (Å²) in [4.78, 5) is 36.1. The number of rotatable bonds is 8. The molecule has 0 radical (unpaired) electrons. The van der Waals surface area contributed by atoms with Crippen LogP contribution in [0, 0.1) is 0 Å². The van der Waals surface area contributed by atoms with Crippen molar-refractivity contribution in [3.8, 4) is 0 Å². The number of nitrogens with zero attached hydrogens (tertiary/aromatic N) is 2. The molecule has 1 aromatic rings. The van der Waals surface area contributed by atoms with Crippen LogP contribution in [0.5, 0.6) is 0 Å². The Labute approximate surface area is 191 Å². The number of carbonyl (C=O) groups is 3. The van der Waals surface area contributed by atoms with Gasteiger partial charge in [0.2, 0.25) is 0 Å². The molecule has 3 N–H and O–H groups in total. The van der Waals surface area contributed by atoms with Crippen LogP contribution in [0.2, 0.25) is 5.02 Å². The molecule has 2 aliphatic rings. The third-order valence-corrected chi connectivity index (χ3v) is 6.78. The summed E-state index contributed by atoms with van der Waals surface area (Å²) in [7, 11) is 1.87. The lowest BCUT2D eigenvalue weighted by Crippen LogP contribution is -2.30. The van der Waals surface area contributed by atoms with Gasteiger partial charge < -0.3 is 25.3 Å². The summed E-state index contributed by atoms with van der Waals surface area (Å²) >= 11 is 8.30. The van der Waals surface area contributed by atoms with E-state index < -0.39 is 11.9 Å². The van der Waals surface area contributed by atoms with Gasteiger partial charge in [0.05, 0.1) is 17.9 Å². The maximum absolute atomic E-state index is 11.9. The Morgan fingerprint density at radius 3 is 2.42 bits per heavy atom. The number of carboxylic acids is 2. The number of aliphatic carboxylic acids is 2. The zero-order valence-electron chi connectivity index (χ0n) is 17.7. The number of hydrogen-bond acceptors (Lipinski definition) is 5. The number of halogens is 1. The zero-order valence-corrected chi connectivity index (χ0v) is 19.3. The second-order valence-corrected chi connectivity index (χ2v) is 8.96. The third kappa shape index (κ3) is 8.23. The molecule has 1 fully saturated rings. The second-order valence-electron chi connectivity index (χ2n) is 7.44. The molecule has 0 atom stereocenters. The molecule has 3 rings (SSSR count). The lowest BCUT2D eigenvalue weighted by atomic mass is 10.0. The summed E-state index contributed by atoms with van der Waals surface area (Å²) in [5, 5.41) is 20.1. The standard InChI is InChI=1S/C17H24ClN3OS.C4H6O4/c1-20-10-11-21(17(20)22)9-2-12-23-16-14-6-8-19-7-5-13(14)3-4-15(16)18;5-3(6)1-2-4(7)8/h3-4,19H,2,5-12H2,1H3;1-2H2,(H,5,6)(H,7,8). The van der Waals surface area contributed by atoms with Crippen LogP contribution in [-0.4, -0.2) is 83.5 Å². The first-order valence-electron chi connectivity index (χ1n) is 10.4. The smallest absolute Gasteiger partial charge is 0.319 e. The number of fused-ring (bicyclic) bond motifs is 1. The van der Waals surface area contributed by atoms with Crippen molar-refractivity contribution in [2.45, 2.75) is 37.0 Å². The lowest BCUT2D eigenvalue weighted by molar-refractivity contribution is -0.143. The third-order valence-electron chi connectivity index (χ3n) is 5.11. The summed E-state index contributed by atoms with van der Waals surface area (Å²) < 4.78 is 0. The van der Waals surface area contributed by atoms with Crippen LogP contribution in [0.1, 0.15) is 30.4 Å². The normalized spacial score (nSPS) is 15.7. The van der Waals surface area contributed by atoms with E-state index >= 15 is 0 Å². The van der Waals surface area contributed by atoms with Crippen molar-refractivity contribution in [1.29, 1.82) is 0 Å². The van der Waals surface area contributed by atoms with E-state index in [-0.39, 0.29) is 18.9 Å². The van der Waals surface area contributed by atoms with Crippen molar-refractivity contribution in [3.05, 3.63) is 28.3 Å². The van der Waals surface area contributed by atoms with Gasteiger partial charge in [-0.3, -0.25) is 9.59 Å². The Kier molecular flexibility index (Phi) is 10.4. The SMILES string of the molecule is CN1CCN(CCCSc2c(Cl)ccc3c2CCNCC3)C1=O.O=C(O)CCC(=O)O. The van der Waals surface area contributed by atoms with E-state index in [1.165, 1.54) is 16.0 Å². The van der Waals surface area contributed by atoms with Crippen LogP contribution in [0.15, 0.2) is 17.0 Å². The number of nitrogens with one attached hydrogen (secondary N) is 1. The first-order chi connectivity index (χ1) is 14.8. The minimum atomic E-state index is -1.08. The molecular formula is C21H30ClN3O5S. The molecule has 0 unspecified atom stereocenters. The largest absolute Gasteiger partial charge is 0.481 e. The number of benzene rings is 1. The molecule has 8 nitrogen and oxygen atoms in total. The van der Waals surface area contributed by atoms with Crippen molar-refractivity contribution in [2.75, 3.05) is 45.5 Å². The van der Waals surface area contributed by atoms with Crippen LogP contribution in [0.4, 0.5) is 4.79 Å². The maximum atomic E-state index is 11.9. The summed E-state index contributed by atoms with van der Waals surface area (Å²) in [5.41, 5.74) is 2.85. The molecule has 31 heavy (non-hydrogen) atoms. The van der Waals surface area contributed by atoms with Crippen LogP contribution in [0.3, 0.4) is 0 Å². The van der Waals surface area contributed by atoms with Crippen LogP contribution in [-0.2, 0) is 22.4 Å². The zero-order chi connectivity index (χ0) is 22.8. The second kappa shape index (κ2) is 12.8. The molecule has 2 amide bonds. The molecule has 10 heteroatoms. The first kappa shape index (κ1) is 25.3. The quantitative estimate of drug-likeness (QED) is 0.395. The Morgan fingerprint density at radius 1 is 1.13 bits per heavy atom. The van der Waals surface area contributed by atoms with Gasteiger partial charge in [-0.25, -0.2) is 4.79 Å². The highest BCUT2D eigenvalue weighted by atomic mass is 35.5. The fraction of sp³-hybridized carbons (Fsp3) is 0.571. The number of likely N-dealkylation sites (N-methyl/N-ethyl adjacent to an activating group) is 1. The molecule has 1 aromatic carbocycles. The van der Waals surface area contributed by atoms with Gasteiger partial charge in [0.25, 0.3) is 0 Å². The van der Waals surface area contributed by atoms with E-state index in [2.05, 4.69) is 11.4 Å². The molecule has 172 valence electrons. The van der Waals surface area contributed by atoms with E-state index in [4.69, 9.17) is 21.8 Å². The number of carbonyl (C=O) groups excluding carboxylic acids is 1. The van der Waals surface area contributed by atoms with Gasteiger partial charge in [-0.2, -0.15) is 0 Å². The van der Waals surface area contributed by atoms with Crippen molar-refractivity contribution < 1.29 is 24.6 Å². The van der Waals surface area contributed by atoms with Gasteiger partial charge >= 0.3 is 18.0 Å². The Balaban J connectivity index is 0.000000366. The highest BCUT2D eigenvalue weighted by Gasteiger charge is 2.24. The Hall–Kier alpha value is -1.97. The van der Waals surface area contributed by atoms with E-state index in [9.17, 15) is 14.4 Å². The average Bonchev–Trinajstić information content (AvgIpc) is 2.92. The molecule has 0 aliphatic carbocycles. The van der Waals surface area contributed by atoms with Crippen molar-refractivity contribution in [1.82, 2.24) is 15.1 Å². The van der Waals surface area contributed by atoms with E-state index in [0.717, 1.165) is 62.8 Å². The molecule has 0 aromatic heterocycles. The van der Waals surface area contributed by atoms with Crippen molar-refractivity contribution in [3.63, 3.8) is 0 Å². The number of urea groups is 1. The molecule has 2 aliphatic heterocycles. The van der Waals surface area contributed by atoms with Crippen LogP contribution in [0.25, 0.3) is 0 Å². The summed E-state index contributed by atoms with van der Waals surface area (Å²) in [6, 6.07) is 4.37. The molecule has 1 saturated heterocycles. The fourth-order valence-corrected chi connectivity index (χ4v) is 4.85. The highest BCUT2D eigenvalue weighted by Crippen LogP contribution is 2.34. The minimum Gasteiger partial charge on any atom is -0.481 e. The van der Waals surface area contributed by atoms with E-state index in [0.29, 0.717) is 0 Å². The van der Waals surface area contributed by atoms with Crippen molar-refractivity contribution >= 4 is 41.3 Å². The number of hydrogen-bond donors (Lipinski definition) is 3. The molecule has 0 spiro atoms. The van der Waals surface area contributed by atoms with Gasteiger partial charge in [-0.15, -0.1) is 11.8 Å². The lowest BCUT2D eigenvalue weighted by Gasteiger charge is -2.17. The summed E-state index contributed by atoms with van der Waals surface area (Å²) in [6.45, 7) is 4.60. The predicted octanol–water partition coefficient (Wildman–Crippen LogP) is 2.81. The maximum Gasteiger partial charge on any atom is 0.319 e. The predicted molar refractivity (Wildman–Crippen MR) is 121 cm³/mol. The molecule has 0 bridgehead atoms. The summed E-state index contributed by atoms with van der Waals surface area (Å²) in [5.74, 6) is -1.16. The Bertz CT molecular complexity index is 779. The van der Waals surface area contributed by atoms with Gasteiger partial charge in [0, 0.05) is 31.6 Å². The van der Waals surface area contributed by atoms with Crippen LogP contribution >= 0.6 is 23.4 Å².